The van der Waals surface area contributed by atoms with Crippen LogP contribution >= 0.6 is 11.3 Å². The van der Waals surface area contributed by atoms with Crippen LogP contribution in [0.1, 0.15) is 56.5 Å². The van der Waals surface area contributed by atoms with Gasteiger partial charge in [0, 0.05) is 24.5 Å². The Morgan fingerprint density at radius 2 is 2.00 bits per heavy atom. The van der Waals surface area contributed by atoms with Crippen molar-refractivity contribution in [1.82, 2.24) is 10.3 Å². The second kappa shape index (κ2) is 7.99. The Bertz CT molecular complexity index is 371. The van der Waals surface area contributed by atoms with E-state index in [1.165, 1.54) is 60.9 Å². The molecule has 1 aromatic rings. The molecule has 2 heterocycles. The second-order valence-corrected chi connectivity index (χ2v) is 6.93. The van der Waals surface area contributed by atoms with Crippen molar-refractivity contribution in [1.29, 1.82) is 0 Å². The summed E-state index contributed by atoms with van der Waals surface area (Å²) in [7, 11) is 2.02. The van der Waals surface area contributed by atoms with Gasteiger partial charge in [0.1, 0.15) is 0 Å². The summed E-state index contributed by atoms with van der Waals surface area (Å²) in [5.74, 6) is 0.947. The van der Waals surface area contributed by atoms with Crippen molar-refractivity contribution in [2.75, 3.05) is 25.0 Å². The van der Waals surface area contributed by atoms with Crippen molar-refractivity contribution >= 4 is 16.5 Å². The van der Waals surface area contributed by atoms with Gasteiger partial charge < -0.3 is 10.2 Å². The molecule has 1 saturated heterocycles. The Labute approximate surface area is 127 Å². The number of aromatic nitrogens is 1. The first-order valence-electron chi connectivity index (χ1n) is 8.16. The number of nitrogens with one attached hydrogen (secondary N) is 1. The monoisotopic (exact) mass is 295 g/mol. The summed E-state index contributed by atoms with van der Waals surface area (Å²) in [5.41, 5.74) is 1.32. The van der Waals surface area contributed by atoms with Crippen molar-refractivity contribution in [3.8, 4) is 0 Å². The number of anilines is 1. The van der Waals surface area contributed by atoms with Crippen LogP contribution in [0.3, 0.4) is 0 Å². The summed E-state index contributed by atoms with van der Waals surface area (Å²) in [6, 6.07) is 0. The van der Waals surface area contributed by atoms with E-state index in [0.717, 1.165) is 18.9 Å². The van der Waals surface area contributed by atoms with Gasteiger partial charge in [-0.1, -0.05) is 33.1 Å². The van der Waals surface area contributed by atoms with E-state index in [1.807, 2.05) is 18.4 Å². The van der Waals surface area contributed by atoms with Gasteiger partial charge in [0.05, 0.1) is 5.69 Å². The molecule has 0 radical (unpaired) electrons. The first-order chi connectivity index (χ1) is 9.78. The standard InChI is InChI=1S/C16H29N3S/c1-4-6-13-8-10-19(11-9-13)16-18-14(7-5-2)15(20-16)12-17-3/h13,17H,4-12H2,1-3H3. The molecule has 0 atom stereocenters. The van der Waals surface area contributed by atoms with Gasteiger partial charge in [-0.25, -0.2) is 4.98 Å². The van der Waals surface area contributed by atoms with Crippen LogP contribution in [0.25, 0.3) is 0 Å². The zero-order valence-corrected chi connectivity index (χ0v) is 14.1. The lowest BCUT2D eigenvalue weighted by Gasteiger charge is -2.31. The number of rotatable bonds is 7. The molecule has 0 amide bonds. The first kappa shape index (κ1) is 15.8. The first-order valence-corrected chi connectivity index (χ1v) is 8.98. The maximum atomic E-state index is 4.92. The van der Waals surface area contributed by atoms with Gasteiger partial charge >= 0.3 is 0 Å². The fourth-order valence-electron chi connectivity index (χ4n) is 3.06. The molecular weight excluding hydrogens is 266 g/mol. The number of hydrogen-bond acceptors (Lipinski definition) is 4. The lowest BCUT2D eigenvalue weighted by atomic mass is 9.93. The smallest absolute Gasteiger partial charge is 0.185 e. The number of aryl methyl sites for hydroxylation is 1. The molecule has 0 saturated carbocycles. The molecule has 0 spiro atoms. The Morgan fingerprint density at radius 1 is 1.25 bits per heavy atom. The Balaban J connectivity index is 2.00. The quantitative estimate of drug-likeness (QED) is 0.828. The largest absolute Gasteiger partial charge is 0.348 e. The molecule has 1 aliphatic heterocycles. The zero-order chi connectivity index (χ0) is 14.4. The predicted octanol–water partition coefficient (Wildman–Crippen LogP) is 3.83. The fraction of sp³-hybridized carbons (Fsp3) is 0.812. The lowest BCUT2D eigenvalue weighted by Crippen LogP contribution is -2.33. The van der Waals surface area contributed by atoms with Crippen LogP contribution < -0.4 is 10.2 Å². The highest BCUT2D eigenvalue weighted by Crippen LogP contribution is 2.31. The van der Waals surface area contributed by atoms with Gasteiger partial charge in [-0.05, 0) is 32.2 Å². The van der Waals surface area contributed by atoms with E-state index >= 15 is 0 Å². The van der Waals surface area contributed by atoms with Gasteiger partial charge in [0.25, 0.3) is 0 Å². The third kappa shape index (κ3) is 3.95. The fourth-order valence-corrected chi connectivity index (χ4v) is 4.23. The van der Waals surface area contributed by atoms with E-state index in [2.05, 4.69) is 24.1 Å². The average molecular weight is 295 g/mol. The minimum Gasteiger partial charge on any atom is -0.348 e. The van der Waals surface area contributed by atoms with Crippen LogP contribution in [0.2, 0.25) is 0 Å². The molecule has 0 aromatic carbocycles. The highest BCUT2D eigenvalue weighted by atomic mass is 32.1. The van der Waals surface area contributed by atoms with Crippen molar-refractivity contribution in [3.05, 3.63) is 10.6 Å². The van der Waals surface area contributed by atoms with Crippen LogP contribution in [0.15, 0.2) is 0 Å². The lowest BCUT2D eigenvalue weighted by molar-refractivity contribution is 0.378. The zero-order valence-electron chi connectivity index (χ0n) is 13.2. The van der Waals surface area contributed by atoms with Gasteiger partial charge in [0.2, 0.25) is 0 Å². The summed E-state index contributed by atoms with van der Waals surface area (Å²) in [6.45, 7) is 7.89. The van der Waals surface area contributed by atoms with Gasteiger partial charge in [-0.2, -0.15) is 0 Å². The molecule has 0 bridgehead atoms. The van der Waals surface area contributed by atoms with Crippen molar-refractivity contribution in [2.24, 2.45) is 5.92 Å². The third-order valence-electron chi connectivity index (χ3n) is 4.17. The van der Waals surface area contributed by atoms with E-state index in [1.54, 1.807) is 0 Å². The van der Waals surface area contributed by atoms with Crippen LogP contribution in [-0.2, 0) is 13.0 Å². The summed E-state index contributed by atoms with van der Waals surface area (Å²) in [4.78, 5) is 8.86. The maximum Gasteiger partial charge on any atom is 0.185 e. The number of thiazole rings is 1. The maximum absolute atomic E-state index is 4.92. The average Bonchev–Trinajstić information content (AvgIpc) is 2.84. The molecule has 0 unspecified atom stereocenters. The highest BCUT2D eigenvalue weighted by Gasteiger charge is 2.22. The normalized spacial score (nSPS) is 16.9. The Hall–Kier alpha value is -0.610. The Kier molecular flexibility index (Phi) is 6.30. The molecule has 3 nitrogen and oxygen atoms in total. The molecule has 1 fully saturated rings. The third-order valence-corrected chi connectivity index (χ3v) is 5.33. The summed E-state index contributed by atoms with van der Waals surface area (Å²) in [6.07, 6.45) is 7.71. The molecule has 4 heteroatoms. The molecule has 0 aliphatic carbocycles. The second-order valence-electron chi connectivity index (χ2n) is 5.87. The highest BCUT2D eigenvalue weighted by molar-refractivity contribution is 7.15. The van der Waals surface area contributed by atoms with Crippen molar-refractivity contribution in [2.45, 2.75) is 58.9 Å². The van der Waals surface area contributed by atoms with Crippen LogP contribution in [-0.4, -0.2) is 25.1 Å². The molecule has 20 heavy (non-hydrogen) atoms. The SMILES string of the molecule is CCCc1nc(N2CCC(CCC)CC2)sc1CNC. The van der Waals surface area contributed by atoms with E-state index in [0.29, 0.717) is 0 Å². The van der Waals surface area contributed by atoms with Crippen LogP contribution in [0.4, 0.5) is 5.13 Å². The summed E-state index contributed by atoms with van der Waals surface area (Å²) in [5, 5.41) is 4.53. The molecule has 2 rings (SSSR count). The molecule has 1 aromatic heterocycles. The summed E-state index contributed by atoms with van der Waals surface area (Å²) >= 11 is 1.90. The minimum absolute atomic E-state index is 0.947. The Morgan fingerprint density at radius 3 is 2.60 bits per heavy atom. The van der Waals surface area contributed by atoms with Gasteiger partial charge in [-0.15, -0.1) is 11.3 Å². The number of piperidine rings is 1. The van der Waals surface area contributed by atoms with E-state index in [-0.39, 0.29) is 0 Å². The molecule has 1 N–H and O–H groups in total. The molecular formula is C16H29N3S. The van der Waals surface area contributed by atoms with Crippen molar-refractivity contribution < 1.29 is 0 Å². The van der Waals surface area contributed by atoms with Gasteiger partial charge in [0.15, 0.2) is 5.13 Å². The van der Waals surface area contributed by atoms with E-state index in [9.17, 15) is 0 Å². The van der Waals surface area contributed by atoms with Crippen LogP contribution in [0, 0.1) is 5.92 Å². The van der Waals surface area contributed by atoms with E-state index in [4.69, 9.17) is 4.98 Å². The van der Waals surface area contributed by atoms with Gasteiger partial charge in [-0.3, -0.25) is 0 Å². The van der Waals surface area contributed by atoms with E-state index < -0.39 is 0 Å². The number of nitrogens with zero attached hydrogens (tertiary/aromatic N) is 2. The minimum atomic E-state index is 0.947. The van der Waals surface area contributed by atoms with Crippen molar-refractivity contribution in [3.63, 3.8) is 0 Å². The summed E-state index contributed by atoms with van der Waals surface area (Å²) < 4.78 is 0. The van der Waals surface area contributed by atoms with Crippen LogP contribution in [0.5, 0.6) is 0 Å². The molecule has 1 aliphatic rings. The molecule has 114 valence electrons. The predicted molar refractivity (Wildman–Crippen MR) is 88.7 cm³/mol. The topological polar surface area (TPSA) is 28.2 Å². The number of hydrogen-bond donors (Lipinski definition) is 1.